The molecule has 0 saturated heterocycles. The third kappa shape index (κ3) is 78.5. The second kappa shape index (κ2) is 76.1. The molecule has 0 aliphatic rings. The lowest BCUT2D eigenvalue weighted by Gasteiger charge is -2.21. The topological polar surface area (TPSA) is 237 Å². The number of aliphatic hydroxyl groups is 1. The molecule has 0 bridgehead atoms. The van der Waals surface area contributed by atoms with E-state index in [1.165, 1.54) is 257 Å². The molecule has 6 atom stereocenters. The fourth-order valence-electron chi connectivity index (χ4n) is 13.3. The number of unbranched alkanes of at least 4 members (excludes halogenated alkanes) is 51. The molecule has 0 spiro atoms. The Morgan fingerprint density at radius 1 is 0.276 bits per heavy atom. The van der Waals surface area contributed by atoms with Gasteiger partial charge in [0.15, 0.2) is 12.2 Å². The number of phosphoric ester groups is 2. The Bertz CT molecular complexity index is 2030. The Labute approximate surface area is 645 Å². The van der Waals surface area contributed by atoms with Gasteiger partial charge in [0.2, 0.25) is 0 Å². The predicted octanol–water partition coefficient (Wildman–Crippen LogP) is 26.1. The third-order valence-corrected chi connectivity index (χ3v) is 22.4. The van der Waals surface area contributed by atoms with Gasteiger partial charge in [-0.15, -0.1) is 0 Å². The van der Waals surface area contributed by atoms with Crippen molar-refractivity contribution in [1.29, 1.82) is 0 Å². The molecule has 0 heterocycles. The van der Waals surface area contributed by atoms with E-state index in [1.54, 1.807) is 0 Å². The van der Waals surface area contributed by atoms with E-state index in [0.29, 0.717) is 31.6 Å². The van der Waals surface area contributed by atoms with Gasteiger partial charge in [-0.25, -0.2) is 9.13 Å². The van der Waals surface area contributed by atoms with Crippen LogP contribution >= 0.6 is 15.6 Å². The molecule has 3 unspecified atom stereocenters. The largest absolute Gasteiger partial charge is 0.472 e. The van der Waals surface area contributed by atoms with Crippen molar-refractivity contribution in [1.82, 2.24) is 0 Å². The smallest absolute Gasteiger partial charge is 0.462 e. The Morgan fingerprint density at radius 3 is 0.724 bits per heavy atom. The summed E-state index contributed by atoms with van der Waals surface area (Å²) in [6, 6.07) is 0. The first-order valence-corrected chi connectivity index (χ1v) is 47.4. The quantitative estimate of drug-likeness (QED) is 0.0222. The van der Waals surface area contributed by atoms with Crippen molar-refractivity contribution in [3.8, 4) is 0 Å². The summed E-state index contributed by atoms with van der Waals surface area (Å²) in [5, 5.41) is 10.7. The summed E-state index contributed by atoms with van der Waals surface area (Å²) in [5.74, 6) is 0.224. The van der Waals surface area contributed by atoms with Crippen LogP contribution in [0.5, 0.6) is 0 Å². The third-order valence-electron chi connectivity index (χ3n) is 20.5. The molecular formula is C86H168O17P2. The number of carbonyl (C=O) groups excluding carboxylic acids is 4. The van der Waals surface area contributed by atoms with Crippen molar-refractivity contribution in [3.05, 3.63) is 0 Å². The number of ether oxygens (including phenoxy) is 4. The molecule has 0 saturated carbocycles. The molecule has 0 aromatic heterocycles. The number of aliphatic hydroxyl groups excluding tert-OH is 1. The Kier molecular flexibility index (Phi) is 74.7. The van der Waals surface area contributed by atoms with Gasteiger partial charge in [-0.2, -0.15) is 0 Å². The summed E-state index contributed by atoms with van der Waals surface area (Å²) in [5.41, 5.74) is 0. The van der Waals surface area contributed by atoms with Crippen LogP contribution in [0.25, 0.3) is 0 Å². The van der Waals surface area contributed by atoms with Gasteiger partial charge < -0.3 is 33.8 Å². The molecule has 0 aliphatic heterocycles. The van der Waals surface area contributed by atoms with Crippen molar-refractivity contribution in [3.63, 3.8) is 0 Å². The summed E-state index contributed by atoms with van der Waals surface area (Å²) < 4.78 is 68.9. The molecule has 17 nitrogen and oxygen atoms in total. The molecule has 0 aliphatic carbocycles. The van der Waals surface area contributed by atoms with Crippen molar-refractivity contribution in [2.45, 2.75) is 471 Å². The van der Waals surface area contributed by atoms with Gasteiger partial charge in [-0.1, -0.05) is 402 Å². The summed E-state index contributed by atoms with van der Waals surface area (Å²) in [4.78, 5) is 73.2. The molecule has 0 radical (unpaired) electrons. The minimum Gasteiger partial charge on any atom is -0.462 e. The number of rotatable bonds is 84. The van der Waals surface area contributed by atoms with E-state index in [4.69, 9.17) is 37.0 Å². The standard InChI is InChI=1S/C86H168O17P2/c1-8-10-11-12-13-14-15-16-17-18-19-20-21-24-31-36-41-46-55-62-69-85(90)102-81(73-96-83(88)67-60-53-45-40-35-30-25-22-23-28-33-38-43-50-57-64-77(3)4)75-100-104(92,93)98-71-80(87)72-99-105(94,95)101-76-82(74-97-84(89)68-61-54-49-48-51-58-65-78(5)6)103-86(91)70-63-56-47-42-37-32-27-26-29-34-39-44-52-59-66-79(7)9-2/h77-82,87H,8-76H2,1-7H3,(H,92,93)(H,94,95)/t79?,80-,81-,82-/m1/s1. The molecule has 19 heteroatoms. The fraction of sp³-hybridized carbons (Fsp3) is 0.953. The zero-order valence-electron chi connectivity index (χ0n) is 69.2. The average Bonchev–Trinajstić information content (AvgIpc) is 0.939. The summed E-state index contributed by atoms with van der Waals surface area (Å²) in [7, 11) is -9.93. The minimum atomic E-state index is -4.97. The van der Waals surface area contributed by atoms with Gasteiger partial charge in [0, 0.05) is 25.7 Å². The van der Waals surface area contributed by atoms with Crippen molar-refractivity contribution in [2.75, 3.05) is 39.6 Å². The number of carbonyl (C=O) groups is 4. The first kappa shape index (κ1) is 103. The molecule has 3 N–H and O–H groups in total. The number of hydrogen-bond acceptors (Lipinski definition) is 15. The number of hydrogen-bond donors (Lipinski definition) is 3. The molecular weight excluding hydrogens is 1370 g/mol. The lowest BCUT2D eigenvalue weighted by atomic mass is 9.99. The van der Waals surface area contributed by atoms with E-state index in [9.17, 15) is 43.2 Å². The maximum atomic E-state index is 13.1. The Hall–Kier alpha value is -1.94. The van der Waals surface area contributed by atoms with Crippen LogP contribution in [-0.2, 0) is 65.4 Å². The van der Waals surface area contributed by atoms with Gasteiger partial charge in [-0.05, 0) is 43.4 Å². The van der Waals surface area contributed by atoms with Crippen LogP contribution in [0.3, 0.4) is 0 Å². The lowest BCUT2D eigenvalue weighted by Crippen LogP contribution is -2.30. The summed E-state index contributed by atoms with van der Waals surface area (Å²) in [6.45, 7) is 12.0. The maximum Gasteiger partial charge on any atom is 0.472 e. The van der Waals surface area contributed by atoms with Gasteiger partial charge in [0.1, 0.15) is 19.3 Å². The molecule has 105 heavy (non-hydrogen) atoms. The molecule has 0 rings (SSSR count). The van der Waals surface area contributed by atoms with E-state index in [1.807, 2.05) is 0 Å². The zero-order chi connectivity index (χ0) is 77.2. The molecule has 0 fully saturated rings. The molecule has 0 amide bonds. The van der Waals surface area contributed by atoms with Crippen LogP contribution in [0.15, 0.2) is 0 Å². The highest BCUT2D eigenvalue weighted by Crippen LogP contribution is 2.45. The van der Waals surface area contributed by atoms with Gasteiger partial charge in [-0.3, -0.25) is 37.3 Å². The molecule has 0 aromatic carbocycles. The minimum absolute atomic E-state index is 0.107. The highest BCUT2D eigenvalue weighted by atomic mass is 31.2. The zero-order valence-corrected chi connectivity index (χ0v) is 71.0. The van der Waals surface area contributed by atoms with E-state index >= 15 is 0 Å². The first-order chi connectivity index (χ1) is 50.8. The maximum absolute atomic E-state index is 13.1. The van der Waals surface area contributed by atoms with Crippen LogP contribution in [0.4, 0.5) is 0 Å². The van der Waals surface area contributed by atoms with Crippen LogP contribution in [0.1, 0.15) is 453 Å². The van der Waals surface area contributed by atoms with Crippen LogP contribution < -0.4 is 0 Å². The second-order valence-electron chi connectivity index (χ2n) is 32.1. The lowest BCUT2D eigenvalue weighted by molar-refractivity contribution is -0.161. The van der Waals surface area contributed by atoms with Crippen LogP contribution in [0, 0.1) is 17.8 Å². The van der Waals surface area contributed by atoms with E-state index in [0.717, 1.165) is 108 Å². The van der Waals surface area contributed by atoms with Crippen molar-refractivity contribution >= 4 is 39.5 Å². The van der Waals surface area contributed by atoms with E-state index in [2.05, 4.69) is 48.5 Å². The molecule has 0 aromatic rings. The van der Waals surface area contributed by atoms with Gasteiger partial charge in [0.05, 0.1) is 26.4 Å². The average molecular weight is 1540 g/mol. The first-order valence-electron chi connectivity index (χ1n) is 44.4. The predicted molar refractivity (Wildman–Crippen MR) is 432 cm³/mol. The second-order valence-corrected chi connectivity index (χ2v) is 35.0. The van der Waals surface area contributed by atoms with Crippen molar-refractivity contribution < 1.29 is 80.2 Å². The van der Waals surface area contributed by atoms with Gasteiger partial charge in [0.25, 0.3) is 0 Å². The number of phosphoric acid groups is 2. The van der Waals surface area contributed by atoms with Gasteiger partial charge >= 0.3 is 39.5 Å². The Balaban J connectivity index is 5.22. The normalized spacial score (nSPS) is 14.1. The summed E-state index contributed by atoms with van der Waals surface area (Å²) in [6.07, 6.45) is 66.8. The number of esters is 4. The highest BCUT2D eigenvalue weighted by Gasteiger charge is 2.30. The van der Waals surface area contributed by atoms with E-state index in [-0.39, 0.29) is 25.7 Å². The van der Waals surface area contributed by atoms with Crippen LogP contribution in [-0.4, -0.2) is 96.7 Å². The Morgan fingerprint density at radius 2 is 0.486 bits per heavy atom. The van der Waals surface area contributed by atoms with Crippen molar-refractivity contribution in [2.24, 2.45) is 17.8 Å². The van der Waals surface area contributed by atoms with E-state index < -0.39 is 97.5 Å². The SMILES string of the molecule is CCCCCCCCCCCCCCCCCCCCCCC(=O)O[C@H](COC(=O)CCCCCCCCCCCCCCCCCC(C)C)COP(=O)(O)OC[C@@H](O)COP(=O)(O)OC[C@@H](COC(=O)CCCCCCCCC(C)C)OC(=O)CCCCCCCCCCCCCCCCC(C)CC. The molecule has 624 valence electrons. The monoisotopic (exact) mass is 1540 g/mol. The summed E-state index contributed by atoms with van der Waals surface area (Å²) >= 11 is 0. The highest BCUT2D eigenvalue weighted by molar-refractivity contribution is 7.47. The van der Waals surface area contributed by atoms with Crippen LogP contribution in [0.2, 0.25) is 0 Å². The fourth-order valence-corrected chi connectivity index (χ4v) is 14.9.